The number of rotatable bonds is 7. The van der Waals surface area contributed by atoms with Gasteiger partial charge in [-0.25, -0.2) is 4.79 Å². The molecule has 0 unspecified atom stereocenters. The number of aromatic nitrogens is 1. The second-order valence-electron chi connectivity index (χ2n) is 6.82. The van der Waals surface area contributed by atoms with Gasteiger partial charge in [0, 0.05) is 23.7 Å². The van der Waals surface area contributed by atoms with E-state index in [1.54, 1.807) is 25.7 Å². The van der Waals surface area contributed by atoms with E-state index in [0.29, 0.717) is 29.1 Å². The molecule has 1 amide bonds. The summed E-state index contributed by atoms with van der Waals surface area (Å²) in [6.07, 6.45) is 3.70. The van der Waals surface area contributed by atoms with Crippen LogP contribution in [0.15, 0.2) is 0 Å². The van der Waals surface area contributed by atoms with Gasteiger partial charge in [-0.05, 0) is 45.6 Å². The Balaban J connectivity index is 2.29. The van der Waals surface area contributed by atoms with Crippen LogP contribution in [0.3, 0.4) is 0 Å². The number of ether oxygens (including phenoxy) is 1. The van der Waals surface area contributed by atoms with Crippen molar-refractivity contribution in [2.45, 2.75) is 59.4 Å². The minimum atomic E-state index is -0.549. The zero-order chi connectivity index (χ0) is 18.7. The second-order valence-corrected chi connectivity index (χ2v) is 6.82. The van der Waals surface area contributed by atoms with E-state index in [4.69, 9.17) is 4.74 Å². The smallest absolute Gasteiger partial charge is 0.354 e. The van der Waals surface area contributed by atoms with Gasteiger partial charge in [-0.3, -0.25) is 9.59 Å². The largest absolute Gasteiger partial charge is 0.464 e. The number of amides is 1. The van der Waals surface area contributed by atoms with Crippen LogP contribution in [0.4, 0.5) is 0 Å². The lowest BCUT2D eigenvalue weighted by molar-refractivity contribution is -0.139. The van der Waals surface area contributed by atoms with E-state index >= 15 is 0 Å². The molecule has 1 aromatic heterocycles. The highest BCUT2D eigenvalue weighted by molar-refractivity contribution is 6.06. The van der Waals surface area contributed by atoms with Crippen molar-refractivity contribution >= 4 is 17.7 Å². The van der Waals surface area contributed by atoms with Gasteiger partial charge in [0.25, 0.3) is 0 Å². The van der Waals surface area contributed by atoms with E-state index in [9.17, 15) is 14.4 Å². The van der Waals surface area contributed by atoms with Crippen LogP contribution in [0.1, 0.15) is 71.6 Å². The van der Waals surface area contributed by atoms with Crippen molar-refractivity contribution in [2.24, 2.45) is 5.92 Å². The summed E-state index contributed by atoms with van der Waals surface area (Å²) < 4.78 is 4.76. The lowest BCUT2D eigenvalue weighted by Gasteiger charge is -2.35. The average Bonchev–Trinajstić information content (AvgIpc) is 2.83. The first kappa shape index (κ1) is 19.2. The van der Waals surface area contributed by atoms with E-state index < -0.39 is 12.0 Å². The molecule has 0 aliphatic heterocycles. The number of aromatic amines is 1. The topological polar surface area (TPSA) is 79.5 Å². The van der Waals surface area contributed by atoms with Crippen molar-refractivity contribution in [3.05, 3.63) is 22.5 Å². The van der Waals surface area contributed by atoms with Gasteiger partial charge in [0.05, 0.1) is 13.2 Å². The van der Waals surface area contributed by atoms with Gasteiger partial charge >= 0.3 is 5.97 Å². The van der Waals surface area contributed by atoms with Crippen LogP contribution in [-0.2, 0) is 9.53 Å². The van der Waals surface area contributed by atoms with Crippen molar-refractivity contribution < 1.29 is 19.1 Å². The summed E-state index contributed by atoms with van der Waals surface area (Å²) in [7, 11) is 1.31. The quantitative estimate of drug-likeness (QED) is 0.607. The Kier molecular flexibility index (Phi) is 6.03. The number of carbonyl (C=O) groups excluding carboxylic acids is 3. The number of nitrogens with one attached hydrogen (secondary N) is 1. The van der Waals surface area contributed by atoms with E-state index in [1.165, 1.54) is 7.11 Å². The number of hydrogen-bond donors (Lipinski definition) is 1. The van der Waals surface area contributed by atoms with Crippen LogP contribution in [0, 0.1) is 19.8 Å². The highest BCUT2D eigenvalue weighted by atomic mass is 16.5. The Bertz CT molecular complexity index is 673. The van der Waals surface area contributed by atoms with Crippen LogP contribution in [-0.4, -0.2) is 47.2 Å². The SMILES string of the molecule is CCCN(C(=O)C1CCC1)[C@@H](C)C(=O)c1c(C)[nH]c(C(=O)OC)c1C. The lowest BCUT2D eigenvalue weighted by atomic mass is 9.83. The third kappa shape index (κ3) is 3.62. The number of H-pyrrole nitrogens is 1. The average molecular weight is 348 g/mol. The molecular weight excluding hydrogens is 320 g/mol. The third-order valence-electron chi connectivity index (χ3n) is 5.12. The molecule has 0 radical (unpaired) electrons. The van der Waals surface area contributed by atoms with E-state index in [0.717, 1.165) is 25.7 Å². The van der Waals surface area contributed by atoms with Crippen molar-refractivity contribution in [2.75, 3.05) is 13.7 Å². The minimum Gasteiger partial charge on any atom is -0.464 e. The normalized spacial score (nSPS) is 15.4. The monoisotopic (exact) mass is 348 g/mol. The Hall–Kier alpha value is -2.11. The van der Waals surface area contributed by atoms with Crippen molar-refractivity contribution in [1.29, 1.82) is 0 Å². The number of carbonyl (C=O) groups is 3. The highest BCUT2D eigenvalue weighted by Crippen LogP contribution is 2.30. The van der Waals surface area contributed by atoms with Crippen LogP contribution >= 0.6 is 0 Å². The third-order valence-corrected chi connectivity index (χ3v) is 5.12. The molecular formula is C19H28N2O4. The predicted molar refractivity (Wildman–Crippen MR) is 94.7 cm³/mol. The lowest BCUT2D eigenvalue weighted by Crippen LogP contribution is -2.47. The van der Waals surface area contributed by atoms with Crippen molar-refractivity contribution in [3.8, 4) is 0 Å². The zero-order valence-electron chi connectivity index (χ0n) is 15.8. The number of esters is 1. The molecule has 1 fully saturated rings. The molecule has 1 aliphatic carbocycles. The van der Waals surface area contributed by atoms with Gasteiger partial charge in [0.2, 0.25) is 5.91 Å². The van der Waals surface area contributed by atoms with Crippen LogP contribution in [0.25, 0.3) is 0 Å². The highest BCUT2D eigenvalue weighted by Gasteiger charge is 2.35. The molecule has 6 heteroatoms. The fraction of sp³-hybridized carbons (Fsp3) is 0.632. The molecule has 25 heavy (non-hydrogen) atoms. The summed E-state index contributed by atoms with van der Waals surface area (Å²) in [5, 5.41) is 0. The minimum absolute atomic E-state index is 0.0563. The number of methoxy groups -OCH3 is 1. The van der Waals surface area contributed by atoms with Gasteiger partial charge in [0.1, 0.15) is 5.69 Å². The summed E-state index contributed by atoms with van der Waals surface area (Å²) in [6, 6.07) is -0.549. The van der Waals surface area contributed by atoms with Gasteiger partial charge in [-0.2, -0.15) is 0 Å². The predicted octanol–water partition coefficient (Wildman–Crippen LogP) is 3.03. The number of Topliss-reactive ketones (excluding diaryl/α,β-unsaturated/α-hetero) is 1. The summed E-state index contributed by atoms with van der Waals surface area (Å²) in [6.45, 7) is 7.83. The molecule has 1 heterocycles. The molecule has 1 atom stereocenters. The van der Waals surface area contributed by atoms with Crippen LogP contribution < -0.4 is 0 Å². The Morgan fingerprint density at radius 2 is 1.92 bits per heavy atom. The maximum atomic E-state index is 13.1. The molecule has 0 saturated heterocycles. The molecule has 138 valence electrons. The van der Waals surface area contributed by atoms with Gasteiger partial charge in [-0.15, -0.1) is 0 Å². The molecule has 1 aromatic rings. The van der Waals surface area contributed by atoms with E-state index in [2.05, 4.69) is 4.98 Å². The number of ketones is 1. The second kappa shape index (κ2) is 7.85. The van der Waals surface area contributed by atoms with E-state index in [-0.39, 0.29) is 17.6 Å². The van der Waals surface area contributed by atoms with Gasteiger partial charge < -0.3 is 14.6 Å². The summed E-state index contributed by atoms with van der Waals surface area (Å²) in [5.74, 6) is -0.500. The molecule has 1 aliphatic rings. The van der Waals surface area contributed by atoms with Gasteiger partial charge in [-0.1, -0.05) is 13.3 Å². The first-order chi connectivity index (χ1) is 11.8. The van der Waals surface area contributed by atoms with E-state index in [1.807, 2.05) is 6.92 Å². The van der Waals surface area contributed by atoms with Crippen LogP contribution in [0.5, 0.6) is 0 Å². The molecule has 0 spiro atoms. The molecule has 1 saturated carbocycles. The molecule has 0 aromatic carbocycles. The maximum Gasteiger partial charge on any atom is 0.354 e. The maximum absolute atomic E-state index is 13.1. The molecule has 6 nitrogen and oxygen atoms in total. The Morgan fingerprint density at radius 1 is 1.28 bits per heavy atom. The number of nitrogens with zero attached hydrogens (tertiary/aromatic N) is 1. The standard InChI is InChI=1S/C19H28N2O4/c1-6-10-21(18(23)14-8-7-9-14)13(4)17(22)15-11(2)16(19(24)25-5)20-12(15)3/h13-14,20H,6-10H2,1-5H3/t13-/m0/s1. The fourth-order valence-corrected chi connectivity index (χ4v) is 3.40. The molecule has 1 N–H and O–H groups in total. The van der Waals surface area contributed by atoms with Gasteiger partial charge in [0.15, 0.2) is 5.78 Å². The summed E-state index contributed by atoms with van der Waals surface area (Å²) in [4.78, 5) is 42.3. The van der Waals surface area contributed by atoms with Crippen LogP contribution in [0.2, 0.25) is 0 Å². The summed E-state index contributed by atoms with van der Waals surface area (Å²) >= 11 is 0. The zero-order valence-corrected chi connectivity index (χ0v) is 15.8. The number of aryl methyl sites for hydroxylation is 1. The summed E-state index contributed by atoms with van der Waals surface area (Å²) in [5.41, 5.74) is 1.98. The molecule has 0 bridgehead atoms. The molecule has 2 rings (SSSR count). The van der Waals surface area contributed by atoms with Crippen molar-refractivity contribution in [1.82, 2.24) is 9.88 Å². The Morgan fingerprint density at radius 3 is 2.40 bits per heavy atom. The number of hydrogen-bond acceptors (Lipinski definition) is 4. The van der Waals surface area contributed by atoms with Crippen molar-refractivity contribution in [3.63, 3.8) is 0 Å². The Labute approximate surface area is 148 Å². The first-order valence-corrected chi connectivity index (χ1v) is 8.95. The first-order valence-electron chi connectivity index (χ1n) is 8.95. The fourth-order valence-electron chi connectivity index (χ4n) is 3.40.